The first kappa shape index (κ1) is 15.1. The summed E-state index contributed by atoms with van der Waals surface area (Å²) in [5, 5.41) is 4.28. The second-order valence-corrected chi connectivity index (χ2v) is 5.41. The van der Waals surface area contributed by atoms with Crippen LogP contribution in [0.15, 0.2) is 24.3 Å². The van der Waals surface area contributed by atoms with Crippen molar-refractivity contribution in [1.82, 2.24) is 10.2 Å². The average molecular weight is 297 g/mol. The molecule has 0 aromatic heterocycles. The van der Waals surface area contributed by atoms with Crippen LogP contribution in [0.2, 0.25) is 5.02 Å². The molecular formula is C15H21ClN2O2. The van der Waals surface area contributed by atoms with Crippen LogP contribution in [0.4, 0.5) is 4.79 Å². The lowest BCUT2D eigenvalue weighted by atomic mass is 10.0. The van der Waals surface area contributed by atoms with Crippen molar-refractivity contribution in [2.75, 3.05) is 19.7 Å². The molecule has 1 saturated heterocycles. The van der Waals surface area contributed by atoms with Crippen LogP contribution in [0.1, 0.15) is 25.3 Å². The molecule has 2 rings (SSSR count). The van der Waals surface area contributed by atoms with Gasteiger partial charge in [-0.1, -0.05) is 23.7 Å². The van der Waals surface area contributed by atoms with Gasteiger partial charge in [-0.05, 0) is 37.5 Å². The van der Waals surface area contributed by atoms with Gasteiger partial charge in [-0.15, -0.1) is 0 Å². The van der Waals surface area contributed by atoms with E-state index in [0.29, 0.717) is 12.6 Å². The van der Waals surface area contributed by atoms with E-state index >= 15 is 0 Å². The maximum atomic E-state index is 11.6. The summed E-state index contributed by atoms with van der Waals surface area (Å²) in [5.41, 5.74) is 1.19. The van der Waals surface area contributed by atoms with Gasteiger partial charge in [-0.3, -0.25) is 0 Å². The minimum atomic E-state index is -0.194. The molecule has 1 amide bonds. The Balaban J connectivity index is 1.73. The van der Waals surface area contributed by atoms with Gasteiger partial charge in [0.1, 0.15) is 0 Å². The van der Waals surface area contributed by atoms with E-state index in [2.05, 4.69) is 11.4 Å². The normalized spacial score (nSPS) is 16.2. The minimum Gasteiger partial charge on any atom is -0.450 e. The van der Waals surface area contributed by atoms with E-state index < -0.39 is 0 Å². The molecule has 0 radical (unpaired) electrons. The average Bonchev–Trinajstić information content (AvgIpc) is 2.46. The van der Waals surface area contributed by atoms with Crippen LogP contribution in [0, 0.1) is 0 Å². The Kier molecular flexibility index (Phi) is 5.68. The largest absolute Gasteiger partial charge is 0.450 e. The molecule has 20 heavy (non-hydrogen) atoms. The maximum Gasteiger partial charge on any atom is 0.409 e. The van der Waals surface area contributed by atoms with E-state index in [0.717, 1.165) is 37.5 Å². The van der Waals surface area contributed by atoms with Crippen LogP contribution >= 0.6 is 11.6 Å². The molecule has 1 heterocycles. The SMILES string of the molecule is CCOC(=O)N1CCC(NCc2cccc(Cl)c2)CC1. The molecule has 1 aromatic carbocycles. The number of nitrogens with zero attached hydrogens (tertiary/aromatic N) is 1. The van der Waals surface area contributed by atoms with Gasteiger partial charge in [0, 0.05) is 30.7 Å². The number of likely N-dealkylation sites (tertiary alicyclic amines) is 1. The zero-order valence-corrected chi connectivity index (χ0v) is 12.5. The summed E-state index contributed by atoms with van der Waals surface area (Å²) in [7, 11) is 0. The van der Waals surface area contributed by atoms with Gasteiger partial charge in [0.15, 0.2) is 0 Å². The summed E-state index contributed by atoms with van der Waals surface area (Å²) >= 11 is 5.96. The number of halogens is 1. The Labute approximate surface area is 125 Å². The summed E-state index contributed by atoms with van der Waals surface area (Å²) < 4.78 is 5.01. The first-order valence-corrected chi connectivity index (χ1v) is 7.46. The van der Waals surface area contributed by atoms with Gasteiger partial charge in [0.05, 0.1) is 6.61 Å². The summed E-state index contributed by atoms with van der Waals surface area (Å²) in [4.78, 5) is 13.4. The fourth-order valence-corrected chi connectivity index (χ4v) is 2.60. The Morgan fingerprint density at radius 2 is 2.20 bits per heavy atom. The highest BCUT2D eigenvalue weighted by atomic mass is 35.5. The molecule has 1 fully saturated rings. The third-order valence-corrected chi connectivity index (χ3v) is 3.74. The lowest BCUT2D eigenvalue weighted by Gasteiger charge is -2.31. The molecule has 0 saturated carbocycles. The highest BCUT2D eigenvalue weighted by Gasteiger charge is 2.22. The molecule has 4 nitrogen and oxygen atoms in total. The minimum absolute atomic E-state index is 0.194. The molecule has 1 aliphatic rings. The summed E-state index contributed by atoms with van der Waals surface area (Å²) in [6, 6.07) is 8.32. The van der Waals surface area contributed by atoms with Crippen LogP contribution in [0.3, 0.4) is 0 Å². The molecule has 0 bridgehead atoms. The van der Waals surface area contributed by atoms with E-state index in [4.69, 9.17) is 16.3 Å². The van der Waals surface area contributed by atoms with Gasteiger partial charge in [-0.2, -0.15) is 0 Å². The number of piperidine rings is 1. The number of carbonyl (C=O) groups is 1. The Bertz CT molecular complexity index is 445. The second-order valence-electron chi connectivity index (χ2n) is 4.97. The standard InChI is InChI=1S/C15H21ClN2O2/c1-2-20-15(19)18-8-6-14(7-9-18)17-11-12-4-3-5-13(16)10-12/h3-5,10,14,17H,2,6-9,11H2,1H3. The fraction of sp³-hybridized carbons (Fsp3) is 0.533. The third kappa shape index (κ3) is 4.39. The quantitative estimate of drug-likeness (QED) is 0.928. The lowest BCUT2D eigenvalue weighted by Crippen LogP contribution is -2.44. The monoisotopic (exact) mass is 296 g/mol. The number of rotatable bonds is 4. The van der Waals surface area contributed by atoms with Crippen LogP contribution < -0.4 is 5.32 Å². The molecule has 0 spiro atoms. The first-order valence-electron chi connectivity index (χ1n) is 7.08. The third-order valence-electron chi connectivity index (χ3n) is 3.50. The molecule has 0 aliphatic carbocycles. The second kappa shape index (κ2) is 7.50. The first-order chi connectivity index (χ1) is 9.69. The molecule has 0 atom stereocenters. The number of benzene rings is 1. The number of nitrogens with one attached hydrogen (secondary N) is 1. The van der Waals surface area contributed by atoms with Crippen molar-refractivity contribution in [3.63, 3.8) is 0 Å². The number of hydrogen-bond donors (Lipinski definition) is 1. The highest BCUT2D eigenvalue weighted by molar-refractivity contribution is 6.30. The van der Waals surface area contributed by atoms with Crippen molar-refractivity contribution in [2.45, 2.75) is 32.4 Å². The predicted molar refractivity (Wildman–Crippen MR) is 79.9 cm³/mol. The van der Waals surface area contributed by atoms with Gasteiger partial charge < -0.3 is 15.0 Å². The van der Waals surface area contributed by atoms with Crippen molar-refractivity contribution in [1.29, 1.82) is 0 Å². The number of ether oxygens (including phenoxy) is 1. The van der Waals surface area contributed by atoms with Crippen LogP contribution in [0.25, 0.3) is 0 Å². The molecule has 110 valence electrons. The molecule has 1 N–H and O–H groups in total. The fourth-order valence-electron chi connectivity index (χ4n) is 2.39. The number of hydrogen-bond acceptors (Lipinski definition) is 3. The van der Waals surface area contributed by atoms with Gasteiger partial charge in [0.2, 0.25) is 0 Å². The van der Waals surface area contributed by atoms with Crippen molar-refractivity contribution in [3.05, 3.63) is 34.9 Å². The number of amides is 1. The zero-order chi connectivity index (χ0) is 14.4. The molecular weight excluding hydrogens is 276 g/mol. The zero-order valence-electron chi connectivity index (χ0n) is 11.8. The number of carbonyl (C=O) groups excluding carboxylic acids is 1. The predicted octanol–water partition coefficient (Wildman–Crippen LogP) is 3.05. The van der Waals surface area contributed by atoms with E-state index in [1.54, 1.807) is 4.90 Å². The smallest absolute Gasteiger partial charge is 0.409 e. The summed E-state index contributed by atoms with van der Waals surface area (Å²) in [6.45, 7) is 4.59. The van der Waals surface area contributed by atoms with E-state index in [1.807, 2.05) is 25.1 Å². The van der Waals surface area contributed by atoms with E-state index in [-0.39, 0.29) is 6.09 Å². The van der Waals surface area contributed by atoms with Crippen LogP contribution in [-0.4, -0.2) is 36.7 Å². The molecule has 1 aliphatic heterocycles. The lowest BCUT2D eigenvalue weighted by molar-refractivity contribution is 0.0950. The van der Waals surface area contributed by atoms with E-state index in [9.17, 15) is 4.79 Å². The van der Waals surface area contributed by atoms with Gasteiger partial charge in [-0.25, -0.2) is 4.79 Å². The molecule has 5 heteroatoms. The Morgan fingerprint density at radius 3 is 2.85 bits per heavy atom. The van der Waals surface area contributed by atoms with Gasteiger partial charge >= 0.3 is 6.09 Å². The Morgan fingerprint density at radius 1 is 1.45 bits per heavy atom. The topological polar surface area (TPSA) is 41.6 Å². The summed E-state index contributed by atoms with van der Waals surface area (Å²) in [6.07, 6.45) is 1.72. The maximum absolute atomic E-state index is 11.6. The van der Waals surface area contributed by atoms with Crippen LogP contribution in [0.5, 0.6) is 0 Å². The summed E-state index contributed by atoms with van der Waals surface area (Å²) in [5.74, 6) is 0. The van der Waals surface area contributed by atoms with Crippen molar-refractivity contribution >= 4 is 17.7 Å². The van der Waals surface area contributed by atoms with Crippen molar-refractivity contribution in [2.24, 2.45) is 0 Å². The van der Waals surface area contributed by atoms with Gasteiger partial charge in [0.25, 0.3) is 0 Å². The van der Waals surface area contributed by atoms with Crippen molar-refractivity contribution in [3.8, 4) is 0 Å². The highest BCUT2D eigenvalue weighted by Crippen LogP contribution is 2.14. The van der Waals surface area contributed by atoms with Crippen LogP contribution in [-0.2, 0) is 11.3 Å². The molecule has 0 unspecified atom stereocenters. The van der Waals surface area contributed by atoms with Crippen molar-refractivity contribution < 1.29 is 9.53 Å². The van der Waals surface area contributed by atoms with E-state index in [1.165, 1.54) is 5.56 Å². The molecule has 1 aromatic rings. The Hall–Kier alpha value is -1.26.